The number of hydrogen-bond donors (Lipinski definition) is 3. The van der Waals surface area contributed by atoms with Crippen LogP contribution in [0.3, 0.4) is 0 Å². The maximum Gasteiger partial charge on any atom is 0.255 e. The van der Waals surface area contributed by atoms with Gasteiger partial charge in [0.2, 0.25) is 0 Å². The highest BCUT2D eigenvalue weighted by Crippen LogP contribution is 2.32. The summed E-state index contributed by atoms with van der Waals surface area (Å²) in [5.74, 6) is 0.0480. The van der Waals surface area contributed by atoms with E-state index in [4.69, 9.17) is 5.26 Å². The van der Waals surface area contributed by atoms with E-state index < -0.39 is 17.7 Å². The Bertz CT molecular complexity index is 1310. The van der Waals surface area contributed by atoms with Crippen molar-refractivity contribution in [1.82, 2.24) is 24.8 Å². The van der Waals surface area contributed by atoms with Crippen molar-refractivity contribution in [3.05, 3.63) is 47.8 Å². The van der Waals surface area contributed by atoms with Gasteiger partial charge in [-0.25, -0.2) is 8.91 Å². The van der Waals surface area contributed by atoms with Crippen molar-refractivity contribution < 1.29 is 14.3 Å². The second kappa shape index (κ2) is 8.91. The van der Waals surface area contributed by atoms with Crippen LogP contribution in [0.5, 0.6) is 0 Å². The van der Waals surface area contributed by atoms with Crippen molar-refractivity contribution >= 4 is 17.1 Å². The van der Waals surface area contributed by atoms with Gasteiger partial charge in [0.25, 0.3) is 5.91 Å². The molecular weight excluding hydrogens is 449 g/mol. The molecule has 2 fully saturated rings. The molecule has 35 heavy (non-hydrogen) atoms. The van der Waals surface area contributed by atoms with Crippen molar-refractivity contribution in [2.24, 2.45) is 5.92 Å². The van der Waals surface area contributed by atoms with Crippen molar-refractivity contribution in [3.63, 3.8) is 0 Å². The highest BCUT2D eigenvalue weighted by molar-refractivity contribution is 6.00. The number of halogens is 1. The van der Waals surface area contributed by atoms with Crippen LogP contribution in [0, 0.1) is 17.2 Å². The van der Waals surface area contributed by atoms with Crippen LogP contribution in [0.15, 0.2) is 36.7 Å². The van der Waals surface area contributed by atoms with Crippen LogP contribution in [-0.4, -0.2) is 74.5 Å². The Morgan fingerprint density at radius 1 is 1.34 bits per heavy atom. The van der Waals surface area contributed by atoms with Crippen molar-refractivity contribution in [2.45, 2.75) is 38.1 Å². The van der Waals surface area contributed by atoms with Crippen molar-refractivity contribution in [1.29, 1.82) is 5.26 Å². The third kappa shape index (κ3) is 4.57. The Morgan fingerprint density at radius 3 is 2.86 bits per heavy atom. The van der Waals surface area contributed by atoms with E-state index in [0.717, 1.165) is 37.3 Å². The summed E-state index contributed by atoms with van der Waals surface area (Å²) in [5.41, 5.74) is 1.95. The van der Waals surface area contributed by atoms with Gasteiger partial charge in [-0.15, -0.1) is 0 Å². The molecule has 0 spiro atoms. The third-order valence-corrected chi connectivity index (χ3v) is 6.92. The molecule has 0 aliphatic carbocycles. The lowest BCUT2D eigenvalue weighted by Crippen LogP contribution is -2.42. The predicted molar refractivity (Wildman–Crippen MR) is 129 cm³/mol. The van der Waals surface area contributed by atoms with Gasteiger partial charge in [0, 0.05) is 25.3 Å². The molecule has 10 heteroatoms. The maximum absolute atomic E-state index is 14.2. The smallest absolute Gasteiger partial charge is 0.255 e. The molecular formula is C25H28FN7O2. The quantitative estimate of drug-likeness (QED) is 0.477. The summed E-state index contributed by atoms with van der Waals surface area (Å²) >= 11 is 0. The minimum atomic E-state index is -1.61. The van der Waals surface area contributed by atoms with E-state index in [1.165, 1.54) is 26.2 Å². The van der Waals surface area contributed by atoms with E-state index in [-0.39, 0.29) is 12.6 Å². The summed E-state index contributed by atoms with van der Waals surface area (Å²) in [7, 11) is 0. The Labute approximate surface area is 202 Å². The molecule has 2 saturated heterocycles. The molecule has 3 aromatic rings. The highest BCUT2D eigenvalue weighted by atomic mass is 19.1. The van der Waals surface area contributed by atoms with Gasteiger partial charge in [-0.2, -0.15) is 10.4 Å². The van der Waals surface area contributed by atoms with Gasteiger partial charge in [0.15, 0.2) is 0 Å². The number of nitrogens with one attached hydrogen (secondary N) is 2. The van der Waals surface area contributed by atoms with E-state index in [9.17, 15) is 14.3 Å². The van der Waals surface area contributed by atoms with Gasteiger partial charge < -0.3 is 20.6 Å². The van der Waals surface area contributed by atoms with Crippen LogP contribution in [-0.2, 0) is 0 Å². The summed E-state index contributed by atoms with van der Waals surface area (Å²) in [4.78, 5) is 19.9. The summed E-state index contributed by atoms with van der Waals surface area (Å²) in [6, 6.07) is 9.59. The number of piperidine rings is 1. The van der Waals surface area contributed by atoms with Crippen LogP contribution < -0.4 is 10.6 Å². The number of hydrogen-bond acceptors (Lipinski definition) is 7. The molecule has 0 saturated carbocycles. The van der Waals surface area contributed by atoms with Crippen molar-refractivity contribution in [3.8, 4) is 17.5 Å². The molecule has 1 amide bonds. The first-order valence-electron chi connectivity index (χ1n) is 11.7. The second-order valence-electron chi connectivity index (χ2n) is 9.92. The van der Waals surface area contributed by atoms with E-state index >= 15 is 0 Å². The van der Waals surface area contributed by atoms with Gasteiger partial charge in [0.1, 0.15) is 12.2 Å². The average Bonchev–Trinajstić information content (AvgIpc) is 3.57. The number of nitriles is 1. The molecule has 5 heterocycles. The van der Waals surface area contributed by atoms with Crippen LogP contribution >= 0.6 is 0 Å². The van der Waals surface area contributed by atoms with Gasteiger partial charge >= 0.3 is 0 Å². The normalized spacial score (nSPS) is 22.2. The number of rotatable bonds is 7. The number of alkyl halides is 1. The number of carbonyl (C=O) groups is 1. The van der Waals surface area contributed by atoms with Gasteiger partial charge in [-0.1, -0.05) is 0 Å². The minimum absolute atomic E-state index is 0.205. The molecule has 5 rings (SSSR count). The second-order valence-corrected chi connectivity index (χ2v) is 9.92. The fourth-order valence-corrected chi connectivity index (χ4v) is 4.82. The number of pyridine rings is 1. The molecule has 3 N–H and O–H groups in total. The minimum Gasteiger partial charge on any atom is -0.387 e. The maximum atomic E-state index is 14.2. The first-order valence-corrected chi connectivity index (χ1v) is 11.7. The average molecular weight is 478 g/mol. The number of anilines is 1. The standard InChI is InChI=1S/C25H28FN7O2/c1-25(2,35)23(26)12-29-24(34)18-11-28-20(8-19(18)31-21-14-32-6-5-16(21)13-32)22-4-3-17-7-15(9-27)10-30-33(17)22/h3-4,7-8,10-11,16,21,23,35H,5-6,12-14H2,1-2H3,(H,28,31)(H,29,34)/t16?,21-,23-/m1/s1. The summed E-state index contributed by atoms with van der Waals surface area (Å²) in [5, 5.41) is 29.5. The zero-order chi connectivity index (χ0) is 24.7. The number of amides is 1. The zero-order valence-corrected chi connectivity index (χ0v) is 19.7. The SMILES string of the molecule is CC(C)(O)[C@H](F)CNC(=O)c1cnc(-c2ccc3cc(C#N)cnn23)cc1N[C@@H]1CN2CCC1C2. The number of fused-ring (bicyclic) bond motifs is 3. The van der Waals surface area contributed by atoms with E-state index in [2.05, 4.69) is 31.7 Å². The summed E-state index contributed by atoms with van der Waals surface area (Å²) in [6.07, 6.45) is 2.49. The lowest BCUT2D eigenvalue weighted by atomic mass is 9.99. The Morgan fingerprint density at radius 2 is 2.17 bits per heavy atom. The zero-order valence-electron chi connectivity index (χ0n) is 19.7. The highest BCUT2D eigenvalue weighted by Gasteiger charge is 2.38. The third-order valence-electron chi connectivity index (χ3n) is 6.92. The molecule has 3 aromatic heterocycles. The van der Waals surface area contributed by atoms with E-state index in [1.807, 2.05) is 18.2 Å². The van der Waals surface area contributed by atoms with Crippen LogP contribution in [0.25, 0.3) is 16.9 Å². The fourth-order valence-electron chi connectivity index (χ4n) is 4.82. The van der Waals surface area contributed by atoms with Gasteiger partial charge in [0.05, 0.1) is 52.1 Å². The first kappa shape index (κ1) is 23.2. The molecule has 9 nitrogen and oxygen atoms in total. The number of nitrogens with zero attached hydrogens (tertiary/aromatic N) is 5. The summed E-state index contributed by atoms with van der Waals surface area (Å²) < 4.78 is 15.9. The molecule has 0 aromatic carbocycles. The molecule has 182 valence electrons. The number of carbonyl (C=O) groups excluding carboxylic acids is 1. The van der Waals surface area contributed by atoms with E-state index in [0.29, 0.717) is 28.4 Å². The van der Waals surface area contributed by atoms with Gasteiger partial charge in [-0.3, -0.25) is 9.78 Å². The number of aromatic nitrogens is 3. The van der Waals surface area contributed by atoms with Crippen LogP contribution in [0.2, 0.25) is 0 Å². The molecule has 2 bridgehead atoms. The molecule has 2 aliphatic rings. The number of aliphatic hydroxyl groups is 1. The topological polar surface area (TPSA) is 119 Å². The molecule has 0 radical (unpaired) electrons. The Kier molecular flexibility index (Phi) is 5.91. The Hall–Kier alpha value is -3.55. The van der Waals surface area contributed by atoms with E-state index in [1.54, 1.807) is 10.6 Å². The van der Waals surface area contributed by atoms with Crippen LogP contribution in [0.1, 0.15) is 36.2 Å². The Balaban J connectivity index is 1.46. The first-order chi connectivity index (χ1) is 16.7. The van der Waals surface area contributed by atoms with Crippen LogP contribution in [0.4, 0.5) is 10.1 Å². The van der Waals surface area contributed by atoms with Gasteiger partial charge in [-0.05, 0) is 57.0 Å². The largest absolute Gasteiger partial charge is 0.387 e. The molecule has 4 atom stereocenters. The van der Waals surface area contributed by atoms with Crippen molar-refractivity contribution in [2.75, 3.05) is 31.5 Å². The summed E-state index contributed by atoms with van der Waals surface area (Å²) in [6.45, 7) is 5.47. The molecule has 2 unspecified atom stereocenters. The molecule has 2 aliphatic heterocycles. The fraction of sp³-hybridized carbons (Fsp3) is 0.440. The lowest BCUT2D eigenvalue weighted by molar-refractivity contribution is -0.00177. The monoisotopic (exact) mass is 477 g/mol. The predicted octanol–water partition coefficient (Wildman–Crippen LogP) is 2.22. The lowest BCUT2D eigenvalue weighted by Gasteiger charge is -2.26.